The van der Waals surface area contributed by atoms with Gasteiger partial charge in [0.2, 0.25) is 0 Å². The first-order valence-corrected chi connectivity index (χ1v) is 10.8. The first kappa shape index (κ1) is 22.0. The smallest absolute Gasteiger partial charge is 0.274 e. The van der Waals surface area contributed by atoms with E-state index in [-0.39, 0.29) is 36.2 Å². The number of aromatic nitrogens is 3. The van der Waals surface area contributed by atoms with Crippen LogP contribution < -0.4 is 10.2 Å². The lowest BCUT2D eigenvalue weighted by Crippen LogP contribution is -2.45. The van der Waals surface area contributed by atoms with Crippen LogP contribution in [-0.4, -0.2) is 46.2 Å². The Kier molecular flexibility index (Phi) is 6.23. The van der Waals surface area contributed by atoms with Gasteiger partial charge in [-0.3, -0.25) is 4.79 Å². The summed E-state index contributed by atoms with van der Waals surface area (Å²) >= 11 is 0. The lowest BCUT2D eigenvalue weighted by Gasteiger charge is -2.37. The quantitative estimate of drug-likeness (QED) is 0.661. The fourth-order valence-electron chi connectivity index (χ4n) is 4.10. The molecule has 1 saturated heterocycles. The Bertz CT molecular complexity index is 1120. The standard InChI is InChI=1S/C24H28FN5O2/c1-15-6-5-7-20(10-15)30-18(4)23(27-28-30)24(31)26-12-19-8-9-22(21(25)11-19)29-13-16(2)32-17(3)14-29/h5-11,16-17H,12-14H2,1-4H3,(H,26,31). The topological polar surface area (TPSA) is 72.3 Å². The molecule has 32 heavy (non-hydrogen) atoms. The molecule has 0 saturated carbocycles. The van der Waals surface area contributed by atoms with Crippen LogP contribution in [0.4, 0.5) is 10.1 Å². The molecule has 1 aromatic heterocycles. The fourth-order valence-corrected chi connectivity index (χ4v) is 4.10. The molecule has 2 heterocycles. The van der Waals surface area contributed by atoms with Gasteiger partial charge < -0.3 is 15.0 Å². The SMILES string of the molecule is Cc1cccc(-n2nnc(C(=O)NCc3ccc(N4CC(C)OC(C)C4)c(F)c3)c2C)c1. The number of carbonyl (C=O) groups excluding carboxylic acids is 1. The minimum absolute atomic E-state index is 0.0496. The zero-order chi connectivity index (χ0) is 22.8. The van der Waals surface area contributed by atoms with Gasteiger partial charge in [-0.1, -0.05) is 23.4 Å². The van der Waals surface area contributed by atoms with E-state index in [1.54, 1.807) is 17.7 Å². The van der Waals surface area contributed by atoms with Crippen molar-refractivity contribution >= 4 is 11.6 Å². The molecule has 1 N–H and O–H groups in total. The Hall–Kier alpha value is -3.26. The first-order valence-electron chi connectivity index (χ1n) is 10.8. The third-order valence-corrected chi connectivity index (χ3v) is 5.58. The summed E-state index contributed by atoms with van der Waals surface area (Å²) in [6.07, 6.45) is 0.0992. The largest absolute Gasteiger partial charge is 0.372 e. The van der Waals surface area contributed by atoms with Crippen molar-refractivity contribution in [2.24, 2.45) is 0 Å². The van der Waals surface area contributed by atoms with Crippen molar-refractivity contribution in [3.05, 3.63) is 70.8 Å². The van der Waals surface area contributed by atoms with Crippen LogP contribution >= 0.6 is 0 Å². The summed E-state index contributed by atoms with van der Waals surface area (Å²) in [5.41, 5.74) is 4.06. The van der Waals surface area contributed by atoms with Crippen LogP contribution in [0.3, 0.4) is 0 Å². The Morgan fingerprint density at radius 1 is 1.16 bits per heavy atom. The molecule has 1 amide bonds. The van der Waals surface area contributed by atoms with Crippen molar-refractivity contribution in [3.8, 4) is 5.69 Å². The van der Waals surface area contributed by atoms with Crippen molar-refractivity contribution in [2.75, 3.05) is 18.0 Å². The Labute approximate surface area is 187 Å². The molecule has 1 aliphatic heterocycles. The monoisotopic (exact) mass is 437 g/mol. The van der Waals surface area contributed by atoms with E-state index in [9.17, 15) is 9.18 Å². The summed E-state index contributed by atoms with van der Waals surface area (Å²) in [6, 6.07) is 12.9. The van der Waals surface area contributed by atoms with Crippen LogP contribution in [-0.2, 0) is 11.3 Å². The molecule has 168 valence electrons. The third-order valence-electron chi connectivity index (χ3n) is 5.58. The second-order valence-corrected chi connectivity index (χ2v) is 8.41. The molecule has 2 unspecified atom stereocenters. The molecule has 4 rings (SSSR count). The molecule has 0 bridgehead atoms. The van der Waals surface area contributed by atoms with E-state index >= 15 is 0 Å². The molecule has 7 nitrogen and oxygen atoms in total. The Balaban J connectivity index is 1.43. The zero-order valence-electron chi connectivity index (χ0n) is 18.8. The molecule has 3 aromatic rings. The Morgan fingerprint density at radius 3 is 2.59 bits per heavy atom. The normalized spacial score (nSPS) is 18.6. The number of ether oxygens (including phenoxy) is 1. The van der Waals surface area contributed by atoms with Gasteiger partial charge in [0.25, 0.3) is 5.91 Å². The van der Waals surface area contributed by atoms with Crippen molar-refractivity contribution in [1.29, 1.82) is 0 Å². The van der Waals surface area contributed by atoms with Crippen molar-refractivity contribution in [1.82, 2.24) is 20.3 Å². The summed E-state index contributed by atoms with van der Waals surface area (Å²) < 4.78 is 22.2. The second kappa shape index (κ2) is 9.08. The van der Waals surface area contributed by atoms with Gasteiger partial charge in [0.15, 0.2) is 5.69 Å². The lowest BCUT2D eigenvalue weighted by molar-refractivity contribution is -0.00539. The van der Waals surface area contributed by atoms with Gasteiger partial charge in [-0.25, -0.2) is 9.07 Å². The number of anilines is 1. The number of aryl methyl sites for hydroxylation is 1. The van der Waals surface area contributed by atoms with Gasteiger partial charge in [0, 0.05) is 19.6 Å². The molecule has 1 aliphatic rings. The maximum absolute atomic E-state index is 14.8. The molecular formula is C24H28FN5O2. The van der Waals surface area contributed by atoms with Gasteiger partial charge in [0.1, 0.15) is 5.82 Å². The number of nitrogens with one attached hydrogen (secondary N) is 1. The van der Waals surface area contributed by atoms with E-state index in [1.165, 1.54) is 6.07 Å². The number of amides is 1. The lowest BCUT2D eigenvalue weighted by atomic mass is 10.1. The minimum Gasteiger partial charge on any atom is -0.372 e. The summed E-state index contributed by atoms with van der Waals surface area (Å²) in [5, 5.41) is 11.0. The van der Waals surface area contributed by atoms with Crippen LogP contribution in [0, 0.1) is 19.7 Å². The predicted octanol–water partition coefficient (Wildman–Crippen LogP) is 3.57. The summed E-state index contributed by atoms with van der Waals surface area (Å²) in [5.74, 6) is -0.652. The van der Waals surface area contributed by atoms with E-state index in [0.29, 0.717) is 30.0 Å². The van der Waals surface area contributed by atoms with Crippen molar-refractivity contribution in [3.63, 3.8) is 0 Å². The molecule has 1 fully saturated rings. The van der Waals surface area contributed by atoms with Gasteiger partial charge in [-0.15, -0.1) is 5.10 Å². The molecule has 8 heteroatoms. The van der Waals surface area contributed by atoms with Crippen molar-refractivity contribution in [2.45, 2.75) is 46.4 Å². The van der Waals surface area contributed by atoms with Crippen LogP contribution in [0.5, 0.6) is 0 Å². The zero-order valence-corrected chi connectivity index (χ0v) is 18.8. The van der Waals surface area contributed by atoms with Crippen LogP contribution in [0.2, 0.25) is 0 Å². The highest BCUT2D eigenvalue weighted by Gasteiger charge is 2.24. The van der Waals surface area contributed by atoms with Crippen LogP contribution in [0.15, 0.2) is 42.5 Å². The number of hydrogen-bond acceptors (Lipinski definition) is 5. The van der Waals surface area contributed by atoms with Crippen LogP contribution in [0.25, 0.3) is 5.69 Å². The number of morpholine rings is 1. The summed E-state index contributed by atoms with van der Waals surface area (Å²) in [7, 11) is 0. The van der Waals surface area contributed by atoms with Gasteiger partial charge >= 0.3 is 0 Å². The number of nitrogens with zero attached hydrogens (tertiary/aromatic N) is 4. The van der Waals surface area contributed by atoms with E-state index in [0.717, 1.165) is 11.3 Å². The van der Waals surface area contributed by atoms with Crippen LogP contribution in [0.1, 0.15) is 41.2 Å². The summed E-state index contributed by atoms with van der Waals surface area (Å²) in [4.78, 5) is 14.7. The Morgan fingerprint density at radius 2 is 1.91 bits per heavy atom. The number of rotatable bonds is 5. The molecule has 0 radical (unpaired) electrons. The van der Waals surface area contributed by atoms with E-state index in [4.69, 9.17) is 4.74 Å². The highest BCUT2D eigenvalue weighted by atomic mass is 19.1. The second-order valence-electron chi connectivity index (χ2n) is 8.41. The van der Waals surface area contributed by atoms with Crippen molar-refractivity contribution < 1.29 is 13.9 Å². The molecule has 0 aliphatic carbocycles. The highest BCUT2D eigenvalue weighted by molar-refractivity contribution is 5.93. The van der Waals surface area contributed by atoms with Gasteiger partial charge in [-0.2, -0.15) is 0 Å². The van der Waals surface area contributed by atoms with E-state index in [2.05, 4.69) is 15.6 Å². The maximum atomic E-state index is 14.8. The number of carbonyl (C=O) groups is 1. The highest BCUT2D eigenvalue weighted by Crippen LogP contribution is 2.24. The molecular weight excluding hydrogens is 409 g/mol. The van der Waals surface area contributed by atoms with Gasteiger partial charge in [-0.05, 0) is 63.1 Å². The minimum atomic E-state index is -0.346. The average molecular weight is 438 g/mol. The van der Waals surface area contributed by atoms with E-state index in [1.807, 2.05) is 56.0 Å². The average Bonchev–Trinajstić information content (AvgIpc) is 3.13. The predicted molar refractivity (Wildman–Crippen MR) is 121 cm³/mol. The third kappa shape index (κ3) is 4.65. The molecule has 0 spiro atoms. The number of halogens is 1. The molecule has 2 atom stereocenters. The van der Waals surface area contributed by atoms with E-state index < -0.39 is 0 Å². The first-order chi connectivity index (χ1) is 15.3. The summed E-state index contributed by atoms with van der Waals surface area (Å²) in [6.45, 7) is 9.26. The van der Waals surface area contributed by atoms with Gasteiger partial charge in [0.05, 0.1) is 29.3 Å². The molecule has 2 aromatic carbocycles. The maximum Gasteiger partial charge on any atom is 0.274 e. The fraction of sp³-hybridized carbons (Fsp3) is 0.375. The number of benzene rings is 2. The number of hydrogen-bond donors (Lipinski definition) is 1.